The van der Waals surface area contributed by atoms with E-state index in [9.17, 15) is 18.0 Å². The van der Waals surface area contributed by atoms with Crippen LogP contribution in [0.25, 0.3) is 33.0 Å². The maximum atomic E-state index is 13.9. The molecule has 2 atom stereocenters. The normalized spacial score (nSPS) is 18.5. The molecule has 0 unspecified atom stereocenters. The van der Waals surface area contributed by atoms with E-state index < -0.39 is 11.7 Å². The molecule has 0 saturated carbocycles. The van der Waals surface area contributed by atoms with E-state index in [1.54, 1.807) is 25.4 Å². The molecule has 4 aromatic heterocycles. The van der Waals surface area contributed by atoms with Gasteiger partial charge in [-0.15, -0.1) is 11.3 Å². The van der Waals surface area contributed by atoms with Crippen LogP contribution in [0, 0.1) is 5.92 Å². The van der Waals surface area contributed by atoms with Crippen LogP contribution < -0.4 is 16.0 Å². The third-order valence-corrected chi connectivity index (χ3v) is 6.64. The maximum Gasteiger partial charge on any atom is 0.419 e. The summed E-state index contributed by atoms with van der Waals surface area (Å²) in [4.78, 5) is 31.9. The molecule has 1 aliphatic rings. The summed E-state index contributed by atoms with van der Waals surface area (Å²) in [5.41, 5.74) is 0.117. The molecule has 0 radical (unpaired) electrons. The third-order valence-electron chi connectivity index (χ3n) is 5.84. The first-order valence-corrected chi connectivity index (χ1v) is 11.7. The summed E-state index contributed by atoms with van der Waals surface area (Å²) in [5.74, 6) is -0.299. The number of carbonyl (C=O) groups is 1. The van der Waals surface area contributed by atoms with Crippen molar-refractivity contribution in [2.75, 3.05) is 25.5 Å². The summed E-state index contributed by atoms with van der Waals surface area (Å²) in [6.07, 6.45) is -0.233. The lowest BCUT2D eigenvalue weighted by Gasteiger charge is -2.29. The lowest BCUT2D eigenvalue weighted by atomic mass is 9.95. The summed E-state index contributed by atoms with van der Waals surface area (Å²) in [6, 6.07) is 3.21. The molecular weight excluding hydrogens is 481 g/mol. The number of hydrogen-bond acceptors (Lipinski definition) is 8. The Balaban J connectivity index is 1.50. The lowest BCUT2D eigenvalue weighted by molar-refractivity contribution is -0.137. The van der Waals surface area contributed by atoms with E-state index in [0.717, 1.165) is 6.20 Å². The molecule has 0 spiro atoms. The Bertz CT molecular complexity index is 1350. The predicted octanol–water partition coefficient (Wildman–Crippen LogP) is 3.30. The van der Waals surface area contributed by atoms with Gasteiger partial charge in [-0.1, -0.05) is 0 Å². The minimum Gasteiger partial charge on any atom is -0.359 e. The average Bonchev–Trinajstić information content (AvgIpc) is 3.53. The van der Waals surface area contributed by atoms with Crippen molar-refractivity contribution in [3.63, 3.8) is 0 Å². The number of H-pyrrole nitrogens is 1. The average molecular weight is 503 g/mol. The zero-order valence-corrected chi connectivity index (χ0v) is 19.3. The molecule has 1 saturated heterocycles. The minimum absolute atomic E-state index is 0.0547. The van der Waals surface area contributed by atoms with Crippen molar-refractivity contribution in [2.45, 2.75) is 18.6 Å². The van der Waals surface area contributed by atoms with Gasteiger partial charge in [0.05, 0.1) is 11.6 Å². The number of anilines is 1. The zero-order valence-electron chi connectivity index (χ0n) is 18.5. The summed E-state index contributed by atoms with van der Waals surface area (Å²) < 4.78 is 41.6. The van der Waals surface area contributed by atoms with Crippen molar-refractivity contribution in [1.82, 2.24) is 35.6 Å². The van der Waals surface area contributed by atoms with Gasteiger partial charge in [-0.2, -0.15) is 13.2 Å². The topological polar surface area (TPSA) is 121 Å². The number of thiazole rings is 1. The first-order chi connectivity index (χ1) is 16.8. The minimum atomic E-state index is -4.65. The molecular formula is C22H21F3N8OS. The molecule has 9 nitrogen and oxygen atoms in total. The number of nitrogens with one attached hydrogen (secondary N) is 4. The van der Waals surface area contributed by atoms with Crippen molar-refractivity contribution >= 4 is 34.2 Å². The highest BCUT2D eigenvalue weighted by molar-refractivity contribution is 7.13. The highest BCUT2D eigenvalue weighted by Crippen LogP contribution is 2.39. The number of alkyl halides is 3. The molecule has 35 heavy (non-hydrogen) atoms. The van der Waals surface area contributed by atoms with Gasteiger partial charge in [-0.3, -0.25) is 4.79 Å². The Morgan fingerprint density at radius 3 is 2.80 bits per heavy atom. The number of pyridine rings is 1. The fourth-order valence-corrected chi connectivity index (χ4v) is 4.78. The van der Waals surface area contributed by atoms with Crippen molar-refractivity contribution in [3.8, 4) is 22.0 Å². The lowest BCUT2D eigenvalue weighted by Crippen LogP contribution is -2.48. The highest BCUT2D eigenvalue weighted by Gasteiger charge is 2.36. The zero-order chi connectivity index (χ0) is 24.6. The van der Waals surface area contributed by atoms with Crippen LogP contribution in [0.1, 0.15) is 12.0 Å². The van der Waals surface area contributed by atoms with E-state index in [1.807, 2.05) is 5.38 Å². The number of carbonyl (C=O) groups excluding carboxylic acids is 1. The summed E-state index contributed by atoms with van der Waals surface area (Å²) in [6.45, 7) is 1.06. The van der Waals surface area contributed by atoms with Crippen molar-refractivity contribution in [2.24, 2.45) is 5.92 Å². The molecule has 4 aromatic rings. The molecule has 1 fully saturated rings. The van der Waals surface area contributed by atoms with Crippen LogP contribution in [0.15, 0.2) is 36.1 Å². The van der Waals surface area contributed by atoms with E-state index in [-0.39, 0.29) is 35.1 Å². The second-order valence-corrected chi connectivity index (χ2v) is 9.03. The van der Waals surface area contributed by atoms with Crippen LogP contribution >= 0.6 is 11.3 Å². The Hall–Kier alpha value is -3.58. The Labute approximate surface area is 201 Å². The highest BCUT2D eigenvalue weighted by atomic mass is 32.1. The summed E-state index contributed by atoms with van der Waals surface area (Å²) >= 11 is 1.42. The van der Waals surface area contributed by atoms with Crippen molar-refractivity contribution < 1.29 is 18.0 Å². The molecule has 4 N–H and O–H groups in total. The number of piperidine rings is 1. The van der Waals surface area contributed by atoms with Gasteiger partial charge in [0.2, 0.25) is 11.9 Å². The first-order valence-electron chi connectivity index (χ1n) is 10.8. The predicted molar refractivity (Wildman–Crippen MR) is 126 cm³/mol. The molecule has 0 bridgehead atoms. The molecule has 0 aliphatic carbocycles. The molecule has 0 aromatic carbocycles. The Morgan fingerprint density at radius 2 is 2.06 bits per heavy atom. The van der Waals surface area contributed by atoms with Crippen molar-refractivity contribution in [1.29, 1.82) is 0 Å². The number of halogens is 3. The Kier molecular flexibility index (Phi) is 6.11. The standard InChI is InChI=1S/C22H21F3N8OS/c1-26-19(34)11-6-12(8-27-7-11)31-21-30-10-15(22(23,24)25)17(33-21)14-9-29-18-13(14)2-3-16(32-18)20-28-4-5-35-20/h2-5,9-12,27H,6-8H2,1H3,(H,26,34)(H,29,32)(H,30,31,33)/t11-,12+/m1/s1. The first kappa shape index (κ1) is 23.2. The van der Waals surface area contributed by atoms with Crippen molar-refractivity contribution in [3.05, 3.63) is 41.7 Å². The van der Waals surface area contributed by atoms with Gasteiger partial charge in [-0.05, 0) is 18.6 Å². The van der Waals surface area contributed by atoms with Gasteiger partial charge >= 0.3 is 6.18 Å². The molecule has 182 valence electrons. The number of fused-ring (bicyclic) bond motifs is 1. The van der Waals surface area contributed by atoms with Gasteiger partial charge in [0, 0.05) is 61.1 Å². The number of aromatic amines is 1. The fraction of sp³-hybridized carbons (Fsp3) is 0.318. The van der Waals surface area contributed by atoms with E-state index in [2.05, 4.69) is 40.9 Å². The second kappa shape index (κ2) is 9.23. The van der Waals surface area contributed by atoms with Crippen LogP contribution in [0.3, 0.4) is 0 Å². The summed E-state index contributed by atoms with van der Waals surface area (Å²) in [7, 11) is 1.57. The molecule has 5 rings (SSSR count). The van der Waals surface area contributed by atoms with E-state index in [1.165, 1.54) is 17.5 Å². The summed E-state index contributed by atoms with van der Waals surface area (Å²) in [5, 5.41) is 11.9. The van der Waals surface area contributed by atoms with Gasteiger partial charge in [0.1, 0.15) is 21.9 Å². The van der Waals surface area contributed by atoms with Crippen LogP contribution in [-0.4, -0.2) is 57.0 Å². The van der Waals surface area contributed by atoms with E-state index >= 15 is 0 Å². The molecule has 13 heteroatoms. The fourth-order valence-electron chi connectivity index (χ4n) is 4.17. The second-order valence-electron chi connectivity index (χ2n) is 8.13. The number of rotatable bonds is 5. The molecule has 5 heterocycles. The smallest absolute Gasteiger partial charge is 0.359 e. The quantitative estimate of drug-likeness (QED) is 0.331. The van der Waals surface area contributed by atoms with Crippen LogP contribution in [0.2, 0.25) is 0 Å². The number of hydrogen-bond donors (Lipinski definition) is 4. The number of aromatic nitrogens is 5. The number of amides is 1. The van der Waals surface area contributed by atoms with Crippen LogP contribution in [-0.2, 0) is 11.0 Å². The third kappa shape index (κ3) is 4.68. The molecule has 1 aliphatic heterocycles. The SMILES string of the molecule is CNC(=O)[C@H]1CNC[C@@H](Nc2ncc(C(F)(F)F)c(-c3c[nH]c4nc(-c5nccs5)ccc34)n2)C1. The molecule has 1 amide bonds. The van der Waals surface area contributed by atoms with Gasteiger partial charge < -0.3 is 20.9 Å². The van der Waals surface area contributed by atoms with Crippen LogP contribution in [0.4, 0.5) is 19.1 Å². The van der Waals surface area contributed by atoms with Gasteiger partial charge in [0.25, 0.3) is 0 Å². The van der Waals surface area contributed by atoms with E-state index in [0.29, 0.717) is 41.2 Å². The van der Waals surface area contributed by atoms with E-state index in [4.69, 9.17) is 0 Å². The largest absolute Gasteiger partial charge is 0.419 e. The Morgan fingerprint density at radius 1 is 1.20 bits per heavy atom. The van der Waals surface area contributed by atoms with Gasteiger partial charge in [-0.25, -0.2) is 19.9 Å². The number of nitrogens with zero attached hydrogens (tertiary/aromatic N) is 4. The van der Waals surface area contributed by atoms with Crippen LogP contribution in [0.5, 0.6) is 0 Å². The van der Waals surface area contributed by atoms with Gasteiger partial charge in [0.15, 0.2) is 0 Å². The maximum absolute atomic E-state index is 13.9. The monoisotopic (exact) mass is 502 g/mol.